The van der Waals surface area contributed by atoms with Gasteiger partial charge in [0.05, 0.1) is 5.92 Å². The molecule has 2 aliphatic heterocycles. The minimum atomic E-state index is -0.270. The second-order valence-corrected chi connectivity index (χ2v) is 9.08. The van der Waals surface area contributed by atoms with Crippen LogP contribution in [0.15, 0.2) is 18.2 Å². The summed E-state index contributed by atoms with van der Waals surface area (Å²) in [7, 11) is 0. The van der Waals surface area contributed by atoms with Crippen molar-refractivity contribution in [3.8, 4) is 0 Å². The minimum absolute atomic E-state index is 0.0110. The van der Waals surface area contributed by atoms with Gasteiger partial charge in [-0.2, -0.15) is 0 Å². The lowest BCUT2D eigenvalue weighted by atomic mass is 9.84. The minimum Gasteiger partial charge on any atom is -0.353 e. The van der Waals surface area contributed by atoms with Gasteiger partial charge < -0.3 is 15.1 Å². The molecule has 0 radical (unpaired) electrons. The van der Waals surface area contributed by atoms with Crippen molar-refractivity contribution in [1.82, 2.24) is 5.32 Å². The van der Waals surface area contributed by atoms with E-state index < -0.39 is 0 Å². The fourth-order valence-electron chi connectivity index (χ4n) is 5.18. The normalized spacial score (nSPS) is 24.7. The fourth-order valence-corrected chi connectivity index (χ4v) is 5.18. The highest BCUT2D eigenvalue weighted by Gasteiger charge is 2.37. The second kappa shape index (κ2) is 7.47. The van der Waals surface area contributed by atoms with Gasteiger partial charge in [-0.05, 0) is 55.9 Å². The molecule has 2 saturated carbocycles. The van der Waals surface area contributed by atoms with E-state index in [0.717, 1.165) is 62.0 Å². The van der Waals surface area contributed by atoms with Gasteiger partial charge in [-0.1, -0.05) is 19.3 Å². The first-order chi connectivity index (χ1) is 14.1. The van der Waals surface area contributed by atoms with E-state index in [1.54, 1.807) is 4.90 Å². The molecule has 154 valence electrons. The summed E-state index contributed by atoms with van der Waals surface area (Å²) < 4.78 is 0. The Morgan fingerprint density at radius 3 is 2.52 bits per heavy atom. The molecule has 29 heavy (non-hydrogen) atoms. The van der Waals surface area contributed by atoms with Crippen LogP contribution in [0.1, 0.15) is 56.9 Å². The van der Waals surface area contributed by atoms with Crippen molar-refractivity contribution in [2.75, 3.05) is 22.9 Å². The van der Waals surface area contributed by atoms with Crippen molar-refractivity contribution < 1.29 is 14.4 Å². The predicted molar refractivity (Wildman–Crippen MR) is 111 cm³/mol. The monoisotopic (exact) mass is 395 g/mol. The number of nitrogens with one attached hydrogen (secondary N) is 1. The van der Waals surface area contributed by atoms with E-state index in [1.807, 2.05) is 23.1 Å². The molecule has 6 heteroatoms. The summed E-state index contributed by atoms with van der Waals surface area (Å²) >= 11 is 0. The number of anilines is 2. The largest absolute Gasteiger partial charge is 0.353 e. The molecule has 5 rings (SSSR count). The lowest BCUT2D eigenvalue weighted by Gasteiger charge is -2.29. The first-order valence-electron chi connectivity index (χ1n) is 11.1. The third-order valence-corrected chi connectivity index (χ3v) is 7.19. The first kappa shape index (κ1) is 18.6. The third-order valence-electron chi connectivity index (χ3n) is 7.19. The number of hydrogen-bond donors (Lipinski definition) is 1. The van der Waals surface area contributed by atoms with E-state index in [2.05, 4.69) is 5.32 Å². The summed E-state index contributed by atoms with van der Waals surface area (Å²) in [5, 5.41) is 3.13. The van der Waals surface area contributed by atoms with Crippen LogP contribution in [0.2, 0.25) is 0 Å². The van der Waals surface area contributed by atoms with E-state index >= 15 is 0 Å². The van der Waals surface area contributed by atoms with Gasteiger partial charge in [-0.15, -0.1) is 0 Å². The average Bonchev–Trinajstić information content (AvgIpc) is 3.39. The standard InChI is InChI=1S/C23H29N3O3/c27-21-13-17(22(28)24-18-6-1-2-7-18)14-26(21)19-8-9-20-16(12-19)10-11-25(20)23(29)15-4-3-5-15/h8-9,12,15,17-18H,1-7,10-11,13-14H2,(H,24,28)/t17-/m1/s1. The Morgan fingerprint density at radius 2 is 1.79 bits per heavy atom. The molecule has 4 aliphatic rings. The zero-order valence-electron chi connectivity index (χ0n) is 16.9. The van der Waals surface area contributed by atoms with Crippen LogP contribution in [-0.4, -0.2) is 36.9 Å². The molecular formula is C23H29N3O3. The van der Waals surface area contributed by atoms with E-state index in [4.69, 9.17) is 0 Å². The number of rotatable bonds is 4. The summed E-state index contributed by atoms with van der Waals surface area (Å²) in [6, 6.07) is 6.23. The average molecular weight is 396 g/mol. The molecule has 1 N–H and O–H groups in total. The van der Waals surface area contributed by atoms with Crippen LogP contribution in [0.4, 0.5) is 11.4 Å². The molecular weight excluding hydrogens is 366 g/mol. The molecule has 0 spiro atoms. The van der Waals surface area contributed by atoms with Gasteiger partial charge in [0.2, 0.25) is 17.7 Å². The number of carbonyl (C=O) groups is 3. The molecule has 3 amide bonds. The molecule has 1 aromatic rings. The van der Waals surface area contributed by atoms with Crippen molar-refractivity contribution in [2.24, 2.45) is 11.8 Å². The van der Waals surface area contributed by atoms with Crippen molar-refractivity contribution in [2.45, 2.75) is 63.8 Å². The second-order valence-electron chi connectivity index (χ2n) is 9.08. The van der Waals surface area contributed by atoms with Crippen molar-refractivity contribution >= 4 is 29.1 Å². The molecule has 0 bridgehead atoms. The summed E-state index contributed by atoms with van der Waals surface area (Å²) in [6.07, 6.45) is 8.74. The summed E-state index contributed by atoms with van der Waals surface area (Å²) in [4.78, 5) is 41.5. The molecule has 2 aliphatic carbocycles. The van der Waals surface area contributed by atoms with Crippen LogP contribution in [0.5, 0.6) is 0 Å². The highest BCUT2D eigenvalue weighted by Crippen LogP contribution is 2.37. The van der Waals surface area contributed by atoms with Gasteiger partial charge >= 0.3 is 0 Å². The van der Waals surface area contributed by atoms with Gasteiger partial charge in [0.1, 0.15) is 0 Å². The lowest BCUT2D eigenvalue weighted by molar-refractivity contribution is -0.127. The number of amides is 3. The van der Waals surface area contributed by atoms with Crippen LogP contribution in [0, 0.1) is 11.8 Å². The molecule has 1 saturated heterocycles. The fraction of sp³-hybridized carbons (Fsp3) is 0.609. The van der Waals surface area contributed by atoms with Crippen molar-refractivity contribution in [3.63, 3.8) is 0 Å². The van der Waals surface area contributed by atoms with Gasteiger partial charge in [0.15, 0.2) is 0 Å². The molecule has 1 aromatic carbocycles. The van der Waals surface area contributed by atoms with Crippen LogP contribution in [-0.2, 0) is 20.8 Å². The maximum Gasteiger partial charge on any atom is 0.230 e. The maximum absolute atomic E-state index is 12.7. The Kier molecular flexibility index (Phi) is 4.80. The Labute approximate surface area is 171 Å². The van der Waals surface area contributed by atoms with E-state index in [0.29, 0.717) is 6.54 Å². The number of hydrogen-bond acceptors (Lipinski definition) is 3. The van der Waals surface area contributed by atoms with Crippen LogP contribution >= 0.6 is 0 Å². The summed E-state index contributed by atoms with van der Waals surface area (Å²) in [5.41, 5.74) is 2.97. The van der Waals surface area contributed by atoms with Crippen LogP contribution in [0.3, 0.4) is 0 Å². The SMILES string of the molecule is O=C(NC1CCCC1)[C@@H]1CC(=O)N(c2ccc3c(c2)CCN3C(=O)C2CCC2)C1. The highest BCUT2D eigenvalue weighted by atomic mass is 16.2. The van der Waals surface area contributed by atoms with Gasteiger partial charge in [-0.3, -0.25) is 14.4 Å². The molecule has 2 heterocycles. The first-order valence-corrected chi connectivity index (χ1v) is 11.1. The molecule has 6 nitrogen and oxygen atoms in total. The highest BCUT2D eigenvalue weighted by molar-refractivity contribution is 6.01. The molecule has 0 aromatic heterocycles. The molecule has 0 unspecified atom stereocenters. The number of benzene rings is 1. The van der Waals surface area contributed by atoms with Gasteiger partial charge in [-0.25, -0.2) is 0 Å². The molecule has 3 fully saturated rings. The van der Waals surface area contributed by atoms with Crippen molar-refractivity contribution in [3.05, 3.63) is 23.8 Å². The maximum atomic E-state index is 12.7. The van der Waals surface area contributed by atoms with E-state index in [1.165, 1.54) is 12.8 Å². The third kappa shape index (κ3) is 3.43. The molecule has 1 atom stereocenters. The zero-order valence-corrected chi connectivity index (χ0v) is 16.9. The van der Waals surface area contributed by atoms with Gasteiger partial charge in [0.25, 0.3) is 0 Å². The smallest absolute Gasteiger partial charge is 0.230 e. The predicted octanol–water partition coefficient (Wildman–Crippen LogP) is 2.79. The summed E-state index contributed by atoms with van der Waals surface area (Å²) in [6.45, 7) is 1.18. The van der Waals surface area contributed by atoms with Crippen molar-refractivity contribution in [1.29, 1.82) is 0 Å². The Hall–Kier alpha value is -2.37. The zero-order chi connectivity index (χ0) is 20.0. The number of carbonyl (C=O) groups excluding carboxylic acids is 3. The summed E-state index contributed by atoms with van der Waals surface area (Å²) in [5.74, 6) is 0.208. The Bertz CT molecular complexity index is 842. The topological polar surface area (TPSA) is 69.7 Å². The van der Waals surface area contributed by atoms with Crippen LogP contribution < -0.4 is 15.1 Å². The number of fused-ring (bicyclic) bond motifs is 1. The Morgan fingerprint density at radius 1 is 1.00 bits per heavy atom. The Balaban J connectivity index is 1.27. The van der Waals surface area contributed by atoms with E-state index in [-0.39, 0.29) is 42.0 Å². The number of nitrogens with zero attached hydrogens (tertiary/aromatic N) is 2. The quantitative estimate of drug-likeness (QED) is 0.852. The lowest BCUT2D eigenvalue weighted by Crippen LogP contribution is -2.38. The van der Waals surface area contributed by atoms with E-state index in [9.17, 15) is 14.4 Å². The van der Waals surface area contributed by atoms with Gasteiger partial charge in [0, 0.05) is 42.8 Å². The van der Waals surface area contributed by atoms with Crippen LogP contribution in [0.25, 0.3) is 0 Å².